The molecule has 2 aromatic heterocycles. The van der Waals surface area contributed by atoms with Crippen molar-refractivity contribution < 1.29 is 13.2 Å². The van der Waals surface area contributed by atoms with Crippen LogP contribution in [0.3, 0.4) is 0 Å². The summed E-state index contributed by atoms with van der Waals surface area (Å²) < 4.78 is 26.8. The average molecular weight is 375 g/mol. The second-order valence-corrected chi connectivity index (χ2v) is 8.30. The molecule has 124 valence electrons. The predicted octanol–water partition coefficient (Wildman–Crippen LogP) is 1.59. The topological polar surface area (TPSA) is 114 Å². The molecule has 0 radical (unpaired) electrons. The predicted molar refractivity (Wildman–Crippen MR) is 90.5 cm³/mol. The maximum absolute atomic E-state index is 12.0. The van der Waals surface area contributed by atoms with Crippen molar-refractivity contribution in [3.8, 4) is 0 Å². The number of nitrogens with one attached hydrogen (secondary N) is 2. The van der Waals surface area contributed by atoms with Gasteiger partial charge in [-0.25, -0.2) is 18.1 Å². The summed E-state index contributed by atoms with van der Waals surface area (Å²) in [7, 11) is -3.51. The minimum absolute atomic E-state index is 0.162. The lowest BCUT2D eigenvalue weighted by atomic mass is 10.3. The van der Waals surface area contributed by atoms with Crippen molar-refractivity contribution in [2.24, 2.45) is 5.73 Å². The smallest absolute Gasteiger partial charge is 0.250 e. The summed E-state index contributed by atoms with van der Waals surface area (Å²) in [5, 5.41) is 3.12. The van der Waals surface area contributed by atoms with Gasteiger partial charge in [-0.15, -0.1) is 11.3 Å². The molecular weight excluding hydrogens is 360 g/mol. The number of sulfonamides is 1. The third-order valence-electron chi connectivity index (χ3n) is 2.82. The molecule has 2 heterocycles. The van der Waals surface area contributed by atoms with E-state index in [0.29, 0.717) is 5.82 Å². The Morgan fingerprint density at radius 3 is 2.70 bits per heavy atom. The van der Waals surface area contributed by atoms with Gasteiger partial charge in [-0.05, 0) is 25.1 Å². The van der Waals surface area contributed by atoms with E-state index in [-0.39, 0.29) is 27.9 Å². The van der Waals surface area contributed by atoms with Gasteiger partial charge in [0.25, 0.3) is 0 Å². The van der Waals surface area contributed by atoms with Crippen molar-refractivity contribution in [3.63, 3.8) is 0 Å². The van der Waals surface area contributed by atoms with Crippen LogP contribution in [0, 0.1) is 6.92 Å². The highest BCUT2D eigenvalue weighted by atomic mass is 35.5. The van der Waals surface area contributed by atoms with Crippen LogP contribution in [0.15, 0.2) is 28.6 Å². The zero-order valence-electron chi connectivity index (χ0n) is 12.2. The van der Waals surface area contributed by atoms with Gasteiger partial charge in [0.1, 0.15) is 10.0 Å². The molecule has 0 bridgehead atoms. The van der Waals surface area contributed by atoms with Crippen LogP contribution < -0.4 is 15.8 Å². The molecule has 0 atom stereocenters. The van der Waals surface area contributed by atoms with E-state index < -0.39 is 15.9 Å². The highest BCUT2D eigenvalue weighted by Gasteiger charge is 2.15. The van der Waals surface area contributed by atoms with Gasteiger partial charge in [-0.1, -0.05) is 11.6 Å². The van der Waals surface area contributed by atoms with Gasteiger partial charge in [-0.3, -0.25) is 4.79 Å². The number of amides is 1. The number of pyridine rings is 1. The third-order valence-corrected chi connectivity index (χ3v) is 6.06. The van der Waals surface area contributed by atoms with Crippen molar-refractivity contribution in [2.45, 2.75) is 11.1 Å². The number of thiophene rings is 1. The monoisotopic (exact) mass is 374 g/mol. The quantitative estimate of drug-likeness (QED) is 0.637. The number of nitrogens with zero attached hydrogens (tertiary/aromatic N) is 1. The standard InChI is InChI=1S/C13H15ClN4O3S2/c1-8-2-3-11(22-8)23(20,21)18-5-4-16-13-10(14)6-9(7-17-13)12(15)19/h2-3,6-7,18H,4-5H2,1H3,(H2,15,19)(H,16,17). The molecule has 0 saturated carbocycles. The summed E-state index contributed by atoms with van der Waals surface area (Å²) in [6.07, 6.45) is 1.30. The molecule has 0 saturated heterocycles. The van der Waals surface area contributed by atoms with Crippen molar-refractivity contribution in [1.29, 1.82) is 0 Å². The first kappa shape index (κ1) is 17.7. The van der Waals surface area contributed by atoms with Crippen LogP contribution in [0.4, 0.5) is 5.82 Å². The molecule has 0 unspecified atom stereocenters. The van der Waals surface area contributed by atoms with Gasteiger partial charge in [0.05, 0.1) is 10.6 Å². The van der Waals surface area contributed by atoms with Gasteiger partial charge in [0.2, 0.25) is 15.9 Å². The van der Waals surface area contributed by atoms with Gasteiger partial charge >= 0.3 is 0 Å². The molecule has 4 N–H and O–H groups in total. The molecule has 1 amide bonds. The molecule has 0 fully saturated rings. The van der Waals surface area contributed by atoms with E-state index in [1.165, 1.54) is 23.6 Å². The Balaban J connectivity index is 1.89. The molecule has 0 aliphatic carbocycles. The highest BCUT2D eigenvalue weighted by Crippen LogP contribution is 2.21. The van der Waals surface area contributed by atoms with Gasteiger partial charge in [0, 0.05) is 24.2 Å². The van der Waals surface area contributed by atoms with Gasteiger partial charge in [-0.2, -0.15) is 0 Å². The largest absolute Gasteiger partial charge is 0.368 e. The minimum Gasteiger partial charge on any atom is -0.368 e. The van der Waals surface area contributed by atoms with Crippen molar-refractivity contribution >= 4 is 44.7 Å². The summed E-state index contributed by atoms with van der Waals surface area (Å²) in [4.78, 5) is 15.9. The molecular formula is C13H15ClN4O3S2. The third kappa shape index (κ3) is 4.64. The lowest BCUT2D eigenvalue weighted by Gasteiger charge is -2.09. The Morgan fingerprint density at radius 1 is 1.39 bits per heavy atom. The number of hydrogen-bond acceptors (Lipinski definition) is 6. The Hall–Kier alpha value is -1.68. The highest BCUT2D eigenvalue weighted by molar-refractivity contribution is 7.91. The van der Waals surface area contributed by atoms with E-state index in [4.69, 9.17) is 17.3 Å². The normalized spacial score (nSPS) is 11.4. The lowest BCUT2D eigenvalue weighted by molar-refractivity contribution is 0.1000. The van der Waals surface area contributed by atoms with Crippen molar-refractivity contribution in [2.75, 3.05) is 18.4 Å². The molecule has 10 heteroatoms. The summed E-state index contributed by atoms with van der Waals surface area (Å²) in [5.74, 6) is -0.271. The SMILES string of the molecule is Cc1ccc(S(=O)(=O)NCCNc2ncc(C(N)=O)cc2Cl)s1. The van der Waals surface area contributed by atoms with Crippen LogP contribution >= 0.6 is 22.9 Å². The molecule has 0 aliphatic rings. The van der Waals surface area contributed by atoms with Crippen molar-refractivity contribution in [1.82, 2.24) is 9.71 Å². The Labute approximate surface area is 142 Å². The number of halogens is 1. The molecule has 0 aromatic carbocycles. The fraction of sp³-hybridized carbons (Fsp3) is 0.231. The number of hydrogen-bond donors (Lipinski definition) is 3. The first-order valence-corrected chi connectivity index (χ1v) is 9.22. The van der Waals surface area contributed by atoms with Crippen LogP contribution in [-0.4, -0.2) is 32.4 Å². The number of rotatable bonds is 7. The minimum atomic E-state index is -3.51. The number of carbonyl (C=O) groups excluding carboxylic acids is 1. The van der Waals surface area contributed by atoms with Crippen LogP contribution in [0.25, 0.3) is 0 Å². The fourth-order valence-electron chi connectivity index (χ4n) is 1.70. The van der Waals surface area contributed by atoms with E-state index in [9.17, 15) is 13.2 Å². The number of carbonyl (C=O) groups is 1. The molecule has 2 rings (SSSR count). The number of anilines is 1. The molecule has 23 heavy (non-hydrogen) atoms. The van der Waals surface area contributed by atoms with Crippen LogP contribution in [0.2, 0.25) is 5.02 Å². The Morgan fingerprint density at radius 2 is 2.13 bits per heavy atom. The van der Waals surface area contributed by atoms with E-state index in [1.807, 2.05) is 6.92 Å². The van der Waals surface area contributed by atoms with Gasteiger partial charge in [0.15, 0.2) is 0 Å². The first-order chi connectivity index (χ1) is 10.8. The second kappa shape index (κ2) is 7.26. The molecule has 0 aliphatic heterocycles. The average Bonchev–Trinajstić information content (AvgIpc) is 2.92. The maximum atomic E-state index is 12.0. The Bertz CT molecular complexity index is 820. The molecule has 7 nitrogen and oxygen atoms in total. The molecule has 0 spiro atoms. The first-order valence-electron chi connectivity index (χ1n) is 6.55. The van der Waals surface area contributed by atoms with Crippen molar-refractivity contribution in [3.05, 3.63) is 39.9 Å². The van der Waals surface area contributed by atoms with E-state index in [0.717, 1.165) is 4.88 Å². The number of primary amides is 1. The Kier molecular flexibility index (Phi) is 5.58. The van der Waals surface area contributed by atoms with E-state index in [1.54, 1.807) is 12.1 Å². The summed E-state index contributed by atoms with van der Waals surface area (Å²) in [5.41, 5.74) is 5.33. The second-order valence-electron chi connectivity index (χ2n) is 4.61. The number of aromatic nitrogens is 1. The molecule has 2 aromatic rings. The summed E-state index contributed by atoms with van der Waals surface area (Å²) >= 11 is 7.18. The zero-order chi connectivity index (χ0) is 17.0. The number of aryl methyl sites for hydroxylation is 1. The van der Waals surface area contributed by atoms with Crippen LogP contribution in [-0.2, 0) is 10.0 Å². The lowest BCUT2D eigenvalue weighted by Crippen LogP contribution is -2.28. The van der Waals surface area contributed by atoms with Crippen LogP contribution in [0.1, 0.15) is 15.2 Å². The van der Waals surface area contributed by atoms with Crippen LogP contribution in [0.5, 0.6) is 0 Å². The summed E-state index contributed by atoms with van der Waals surface area (Å²) in [6, 6.07) is 4.72. The number of nitrogens with two attached hydrogens (primary N) is 1. The fourth-order valence-corrected chi connectivity index (χ4v) is 4.29. The maximum Gasteiger partial charge on any atom is 0.250 e. The van der Waals surface area contributed by atoms with E-state index >= 15 is 0 Å². The van der Waals surface area contributed by atoms with E-state index in [2.05, 4.69) is 15.0 Å². The zero-order valence-corrected chi connectivity index (χ0v) is 14.6. The summed E-state index contributed by atoms with van der Waals surface area (Å²) in [6.45, 7) is 2.29. The van der Waals surface area contributed by atoms with Gasteiger partial charge < -0.3 is 11.1 Å².